The summed E-state index contributed by atoms with van der Waals surface area (Å²) in [5, 5.41) is 6.28. The summed E-state index contributed by atoms with van der Waals surface area (Å²) in [5.41, 5.74) is 0.940. The summed E-state index contributed by atoms with van der Waals surface area (Å²) < 4.78 is 41.9. The standard InChI is InChI=1S/C19H23N3O7S/c1-12-17(13(2)29-21-12)19(24)28-14(3)18(23)20-15-4-6-16(7-5-15)30(25,26)22-8-10-27-11-9-22/h4-7,14H,8-11H2,1-3H3,(H,20,23). The first kappa shape index (κ1) is 21.9. The van der Waals surface area contributed by atoms with Gasteiger partial charge in [-0.3, -0.25) is 4.79 Å². The third kappa shape index (κ3) is 4.69. The third-order valence-electron chi connectivity index (χ3n) is 4.62. The lowest BCUT2D eigenvalue weighted by Gasteiger charge is -2.26. The second-order valence-corrected chi connectivity index (χ2v) is 8.71. The number of hydrogen-bond donors (Lipinski definition) is 1. The second-order valence-electron chi connectivity index (χ2n) is 6.78. The molecule has 0 aliphatic carbocycles. The number of benzene rings is 1. The van der Waals surface area contributed by atoms with Gasteiger partial charge in [-0.15, -0.1) is 0 Å². The number of ether oxygens (including phenoxy) is 2. The van der Waals surface area contributed by atoms with Crippen LogP contribution in [0.25, 0.3) is 0 Å². The van der Waals surface area contributed by atoms with Gasteiger partial charge in [0.25, 0.3) is 5.91 Å². The number of sulfonamides is 1. The predicted octanol–water partition coefficient (Wildman–Crippen LogP) is 1.50. The Morgan fingerprint density at radius 3 is 2.37 bits per heavy atom. The zero-order valence-electron chi connectivity index (χ0n) is 16.9. The molecule has 30 heavy (non-hydrogen) atoms. The molecule has 1 amide bonds. The van der Waals surface area contributed by atoms with Crippen LogP contribution in [-0.2, 0) is 24.3 Å². The number of amides is 1. The highest BCUT2D eigenvalue weighted by atomic mass is 32.2. The van der Waals surface area contributed by atoms with E-state index >= 15 is 0 Å². The minimum Gasteiger partial charge on any atom is -0.449 e. The number of anilines is 1. The highest BCUT2D eigenvalue weighted by Gasteiger charge is 2.27. The lowest BCUT2D eigenvalue weighted by molar-refractivity contribution is -0.123. The molecule has 3 rings (SSSR count). The van der Waals surface area contributed by atoms with E-state index in [1.54, 1.807) is 13.8 Å². The van der Waals surface area contributed by atoms with Crippen LogP contribution in [0.2, 0.25) is 0 Å². The summed E-state index contributed by atoms with van der Waals surface area (Å²) in [4.78, 5) is 24.7. The molecule has 1 atom stereocenters. The van der Waals surface area contributed by atoms with Crippen LogP contribution in [-0.4, -0.2) is 62.2 Å². The highest BCUT2D eigenvalue weighted by Crippen LogP contribution is 2.20. The fraction of sp³-hybridized carbons (Fsp3) is 0.421. The molecule has 1 aromatic heterocycles. The van der Waals surface area contributed by atoms with Gasteiger partial charge in [-0.05, 0) is 45.0 Å². The van der Waals surface area contributed by atoms with E-state index in [1.165, 1.54) is 35.5 Å². The Kier molecular flexibility index (Phi) is 6.54. The van der Waals surface area contributed by atoms with Gasteiger partial charge in [0.05, 0.1) is 23.8 Å². The predicted molar refractivity (Wildman–Crippen MR) is 106 cm³/mol. The van der Waals surface area contributed by atoms with Gasteiger partial charge in [0, 0.05) is 18.8 Å². The molecule has 2 aromatic rings. The van der Waals surface area contributed by atoms with E-state index in [-0.39, 0.29) is 10.5 Å². The van der Waals surface area contributed by atoms with Crippen molar-refractivity contribution in [2.45, 2.75) is 31.8 Å². The molecule has 1 aromatic carbocycles. The first-order valence-corrected chi connectivity index (χ1v) is 10.8. The molecule has 11 heteroatoms. The van der Waals surface area contributed by atoms with Gasteiger partial charge in [-0.2, -0.15) is 4.31 Å². The van der Waals surface area contributed by atoms with Crippen molar-refractivity contribution in [1.82, 2.24) is 9.46 Å². The molecular weight excluding hydrogens is 414 g/mol. The van der Waals surface area contributed by atoms with Gasteiger partial charge in [-0.1, -0.05) is 5.16 Å². The van der Waals surface area contributed by atoms with E-state index in [9.17, 15) is 18.0 Å². The maximum absolute atomic E-state index is 12.6. The Bertz CT molecular complexity index is 1010. The van der Waals surface area contributed by atoms with Crippen LogP contribution in [0.3, 0.4) is 0 Å². The summed E-state index contributed by atoms with van der Waals surface area (Å²) in [6.45, 7) is 5.93. The Labute approximate surface area is 174 Å². The number of aromatic nitrogens is 1. The maximum atomic E-state index is 12.6. The topological polar surface area (TPSA) is 128 Å². The Hall–Kier alpha value is -2.76. The van der Waals surface area contributed by atoms with E-state index in [1.807, 2.05) is 0 Å². The Morgan fingerprint density at radius 2 is 1.80 bits per heavy atom. The summed E-state index contributed by atoms with van der Waals surface area (Å²) >= 11 is 0. The zero-order valence-corrected chi connectivity index (χ0v) is 17.7. The van der Waals surface area contributed by atoms with Crippen LogP contribution in [0.5, 0.6) is 0 Å². The van der Waals surface area contributed by atoms with Crippen molar-refractivity contribution in [2.24, 2.45) is 0 Å². The summed E-state index contributed by atoms with van der Waals surface area (Å²) in [7, 11) is -3.62. The fourth-order valence-corrected chi connectivity index (χ4v) is 4.35. The van der Waals surface area contributed by atoms with E-state index in [2.05, 4.69) is 10.5 Å². The van der Waals surface area contributed by atoms with Crippen molar-refractivity contribution >= 4 is 27.6 Å². The van der Waals surface area contributed by atoms with Gasteiger partial charge in [0.15, 0.2) is 6.10 Å². The van der Waals surface area contributed by atoms with Crippen LogP contribution in [0.1, 0.15) is 28.7 Å². The molecule has 0 bridgehead atoms. The number of esters is 1. The van der Waals surface area contributed by atoms with Crippen LogP contribution in [0, 0.1) is 13.8 Å². The molecule has 1 saturated heterocycles. The Morgan fingerprint density at radius 1 is 1.17 bits per heavy atom. The SMILES string of the molecule is Cc1noc(C)c1C(=O)OC(C)C(=O)Nc1ccc(S(=O)(=O)N2CCOCC2)cc1. The average Bonchev–Trinajstić information content (AvgIpc) is 3.07. The molecule has 10 nitrogen and oxygen atoms in total. The fourth-order valence-electron chi connectivity index (χ4n) is 2.94. The van der Waals surface area contributed by atoms with E-state index in [0.29, 0.717) is 43.4 Å². The van der Waals surface area contributed by atoms with Crippen molar-refractivity contribution in [3.63, 3.8) is 0 Å². The molecule has 1 fully saturated rings. The van der Waals surface area contributed by atoms with Crippen molar-refractivity contribution in [2.75, 3.05) is 31.6 Å². The first-order valence-electron chi connectivity index (χ1n) is 9.33. The molecule has 1 aliphatic heterocycles. The van der Waals surface area contributed by atoms with Gasteiger partial charge in [0.1, 0.15) is 11.3 Å². The molecule has 1 N–H and O–H groups in total. The van der Waals surface area contributed by atoms with Gasteiger partial charge >= 0.3 is 5.97 Å². The molecular formula is C19H23N3O7S. The molecule has 2 heterocycles. The van der Waals surface area contributed by atoms with E-state index < -0.39 is 28.0 Å². The smallest absolute Gasteiger partial charge is 0.344 e. The zero-order chi connectivity index (χ0) is 21.9. The van der Waals surface area contributed by atoms with Crippen LogP contribution in [0.15, 0.2) is 33.7 Å². The number of rotatable bonds is 6. The van der Waals surface area contributed by atoms with Gasteiger partial charge < -0.3 is 19.3 Å². The van der Waals surface area contributed by atoms with E-state index in [0.717, 1.165) is 0 Å². The second kappa shape index (κ2) is 8.94. The number of nitrogens with zero attached hydrogens (tertiary/aromatic N) is 2. The van der Waals surface area contributed by atoms with Gasteiger partial charge in [0.2, 0.25) is 10.0 Å². The number of hydrogen-bond acceptors (Lipinski definition) is 8. The van der Waals surface area contributed by atoms with Crippen molar-refractivity contribution < 1.29 is 32.0 Å². The maximum Gasteiger partial charge on any atom is 0.344 e. The first-order chi connectivity index (χ1) is 14.2. The Balaban J connectivity index is 1.62. The number of nitrogens with one attached hydrogen (secondary N) is 1. The minimum absolute atomic E-state index is 0.125. The van der Waals surface area contributed by atoms with Crippen LogP contribution in [0.4, 0.5) is 5.69 Å². The normalized spacial score (nSPS) is 16.1. The van der Waals surface area contributed by atoms with Crippen molar-refractivity contribution in [3.05, 3.63) is 41.3 Å². The van der Waals surface area contributed by atoms with Crippen LogP contribution >= 0.6 is 0 Å². The summed E-state index contributed by atoms with van der Waals surface area (Å²) in [6, 6.07) is 5.80. The number of aryl methyl sites for hydroxylation is 2. The average molecular weight is 437 g/mol. The number of morpholine rings is 1. The lowest BCUT2D eigenvalue weighted by atomic mass is 10.2. The molecule has 1 unspecified atom stereocenters. The summed E-state index contributed by atoms with van der Waals surface area (Å²) in [6.07, 6.45) is -1.08. The lowest BCUT2D eigenvalue weighted by Crippen LogP contribution is -2.40. The minimum atomic E-state index is -3.62. The molecule has 0 saturated carbocycles. The molecule has 0 spiro atoms. The van der Waals surface area contributed by atoms with Gasteiger partial charge in [-0.25, -0.2) is 13.2 Å². The largest absolute Gasteiger partial charge is 0.449 e. The number of carbonyl (C=O) groups is 2. The van der Waals surface area contributed by atoms with Crippen LogP contribution < -0.4 is 5.32 Å². The third-order valence-corrected chi connectivity index (χ3v) is 6.53. The number of carbonyl (C=O) groups excluding carboxylic acids is 2. The highest BCUT2D eigenvalue weighted by molar-refractivity contribution is 7.89. The molecule has 1 aliphatic rings. The molecule has 162 valence electrons. The quantitative estimate of drug-likeness (QED) is 0.674. The summed E-state index contributed by atoms with van der Waals surface area (Å²) in [5.74, 6) is -0.957. The van der Waals surface area contributed by atoms with Crippen molar-refractivity contribution in [3.8, 4) is 0 Å². The van der Waals surface area contributed by atoms with E-state index in [4.69, 9.17) is 14.0 Å². The molecule has 0 radical (unpaired) electrons. The monoisotopic (exact) mass is 437 g/mol. The van der Waals surface area contributed by atoms with Crippen molar-refractivity contribution in [1.29, 1.82) is 0 Å².